The molecule has 0 aliphatic heterocycles. The molecule has 0 fully saturated rings. The van der Waals surface area contributed by atoms with Crippen LogP contribution in [0.2, 0.25) is 0 Å². The number of aryl methyl sites for hydroxylation is 2. The number of nitrogens with zero attached hydrogens (tertiary/aromatic N) is 2. The molecule has 2 aromatic rings. The van der Waals surface area contributed by atoms with E-state index < -0.39 is 0 Å². The van der Waals surface area contributed by atoms with Gasteiger partial charge in [0.1, 0.15) is 11.0 Å². The van der Waals surface area contributed by atoms with Crippen LogP contribution in [0.1, 0.15) is 134 Å². The molecule has 1 aromatic carbocycles. The lowest BCUT2D eigenvalue weighted by atomic mass is 10.0. The fourth-order valence-corrected chi connectivity index (χ4v) is 5.44. The Balaban J connectivity index is 1.43. The summed E-state index contributed by atoms with van der Waals surface area (Å²) in [6.07, 6.45) is 26.5. The van der Waals surface area contributed by atoms with Gasteiger partial charge in [-0.25, -0.2) is 9.97 Å². The summed E-state index contributed by atoms with van der Waals surface area (Å²) < 4.78 is 2.03. The van der Waals surface area contributed by atoms with E-state index in [0.717, 1.165) is 37.8 Å². The zero-order valence-electron chi connectivity index (χ0n) is 21.2. The van der Waals surface area contributed by atoms with Gasteiger partial charge in [-0.1, -0.05) is 116 Å². The number of hydrogen-bond donors (Lipinski definition) is 0. The molecule has 0 spiro atoms. The van der Waals surface area contributed by atoms with Gasteiger partial charge in [-0.2, -0.15) is 0 Å². The van der Waals surface area contributed by atoms with Gasteiger partial charge in [0.05, 0.1) is 11.4 Å². The summed E-state index contributed by atoms with van der Waals surface area (Å²) in [5.41, 5.74) is 4.13. The third-order valence-corrected chi connectivity index (χ3v) is 8.04. The van der Waals surface area contributed by atoms with Crippen LogP contribution in [0.25, 0.3) is 11.0 Å². The van der Waals surface area contributed by atoms with Crippen LogP contribution in [-0.4, -0.2) is 9.97 Å². The van der Waals surface area contributed by atoms with Crippen LogP contribution < -0.4 is 0 Å². The molecule has 0 N–H and O–H groups in total. The first-order valence-corrected chi connectivity index (χ1v) is 15.3. The van der Waals surface area contributed by atoms with Crippen molar-refractivity contribution >= 4 is 42.9 Å². The molecule has 0 aliphatic carbocycles. The molecule has 2 nitrogen and oxygen atoms in total. The Kier molecular flexibility index (Phi) is 15.6. The van der Waals surface area contributed by atoms with Crippen molar-refractivity contribution in [2.45, 2.75) is 136 Å². The van der Waals surface area contributed by atoms with E-state index in [1.165, 1.54) is 116 Å². The summed E-state index contributed by atoms with van der Waals surface area (Å²) in [4.78, 5) is 9.70. The summed E-state index contributed by atoms with van der Waals surface area (Å²) in [6, 6.07) is 4.06. The van der Waals surface area contributed by atoms with Gasteiger partial charge in [-0.3, -0.25) is 0 Å². The van der Waals surface area contributed by atoms with Gasteiger partial charge in [0.2, 0.25) is 0 Å². The van der Waals surface area contributed by atoms with Gasteiger partial charge < -0.3 is 0 Å². The quantitative estimate of drug-likeness (QED) is 0.154. The molecule has 1 heterocycles. The molecule has 33 heavy (non-hydrogen) atoms. The van der Waals surface area contributed by atoms with E-state index in [1.54, 1.807) is 0 Å². The predicted octanol–water partition coefficient (Wildman–Crippen LogP) is 11.0. The van der Waals surface area contributed by atoms with Gasteiger partial charge in [0, 0.05) is 8.95 Å². The first-order chi connectivity index (χ1) is 16.1. The fourth-order valence-electron chi connectivity index (χ4n) is 4.62. The first kappa shape index (κ1) is 28.8. The Labute approximate surface area is 220 Å². The van der Waals surface area contributed by atoms with Gasteiger partial charge >= 0.3 is 0 Å². The lowest BCUT2D eigenvalue weighted by molar-refractivity contribution is 0.525. The van der Waals surface area contributed by atoms with Crippen LogP contribution in [0.15, 0.2) is 21.1 Å². The van der Waals surface area contributed by atoms with E-state index in [1.807, 2.05) is 12.1 Å². The van der Waals surface area contributed by atoms with Gasteiger partial charge in [-0.15, -0.1) is 0 Å². The Morgan fingerprint density at radius 1 is 0.545 bits per heavy atom. The van der Waals surface area contributed by atoms with Crippen molar-refractivity contribution in [3.63, 3.8) is 0 Å². The Hall–Kier alpha value is -0.480. The molecule has 0 unspecified atom stereocenters. The third kappa shape index (κ3) is 11.7. The van der Waals surface area contributed by atoms with Crippen LogP contribution in [0.5, 0.6) is 0 Å². The molecule has 2 rings (SSSR count). The minimum Gasteiger partial charge on any atom is -0.248 e. The molecule has 0 aliphatic rings. The standard InChI is InChI=1S/C29H46Br2N2/c1-3-4-5-6-7-8-9-10-11-12-13-14-15-16-17-18-19-20-21-27-24(2)32-28-25(30)22-23-26(31)29(28)33-27/h22-23H,3-21H2,1-2H3. The SMILES string of the molecule is CCCCCCCCCCCCCCCCCCCCc1nc2c(Br)ccc(Br)c2nc1C. The summed E-state index contributed by atoms with van der Waals surface area (Å²) >= 11 is 7.22. The average molecular weight is 583 g/mol. The highest BCUT2D eigenvalue weighted by molar-refractivity contribution is 9.11. The Morgan fingerprint density at radius 3 is 1.33 bits per heavy atom. The molecule has 0 bridgehead atoms. The molecule has 0 saturated carbocycles. The van der Waals surface area contributed by atoms with E-state index in [9.17, 15) is 0 Å². The van der Waals surface area contributed by atoms with Crippen LogP contribution in [-0.2, 0) is 6.42 Å². The molecule has 0 amide bonds. The Morgan fingerprint density at radius 2 is 0.909 bits per heavy atom. The van der Waals surface area contributed by atoms with Crippen molar-refractivity contribution < 1.29 is 0 Å². The first-order valence-electron chi connectivity index (χ1n) is 13.7. The highest BCUT2D eigenvalue weighted by Gasteiger charge is 2.10. The molecular formula is C29H46Br2N2. The number of benzene rings is 1. The van der Waals surface area contributed by atoms with Crippen LogP contribution >= 0.6 is 31.9 Å². The summed E-state index contributed by atoms with van der Waals surface area (Å²) in [7, 11) is 0. The summed E-state index contributed by atoms with van der Waals surface area (Å²) in [6.45, 7) is 4.38. The number of halogens is 2. The largest absolute Gasteiger partial charge is 0.248 e. The molecular weight excluding hydrogens is 536 g/mol. The average Bonchev–Trinajstić information content (AvgIpc) is 2.81. The number of aromatic nitrogens is 2. The van der Waals surface area contributed by atoms with Crippen molar-refractivity contribution in [1.82, 2.24) is 9.97 Å². The lowest BCUT2D eigenvalue weighted by Crippen LogP contribution is -2.00. The van der Waals surface area contributed by atoms with Crippen molar-refractivity contribution in [2.75, 3.05) is 0 Å². The predicted molar refractivity (Wildman–Crippen MR) is 152 cm³/mol. The van der Waals surface area contributed by atoms with E-state index in [-0.39, 0.29) is 0 Å². The molecule has 4 heteroatoms. The van der Waals surface area contributed by atoms with E-state index in [0.29, 0.717) is 0 Å². The van der Waals surface area contributed by atoms with Crippen molar-refractivity contribution in [2.24, 2.45) is 0 Å². The highest BCUT2D eigenvalue weighted by atomic mass is 79.9. The molecule has 1 aromatic heterocycles. The van der Waals surface area contributed by atoms with E-state index >= 15 is 0 Å². The minimum atomic E-state index is 0.948. The Bertz CT molecular complexity index is 791. The second kappa shape index (κ2) is 17.9. The van der Waals surface area contributed by atoms with Crippen LogP contribution in [0, 0.1) is 6.92 Å². The van der Waals surface area contributed by atoms with Crippen molar-refractivity contribution in [3.05, 3.63) is 32.5 Å². The third-order valence-electron chi connectivity index (χ3n) is 6.76. The topological polar surface area (TPSA) is 25.8 Å². The number of rotatable bonds is 19. The number of unbranched alkanes of at least 4 members (excludes halogenated alkanes) is 17. The maximum atomic E-state index is 4.91. The van der Waals surface area contributed by atoms with E-state index in [2.05, 4.69) is 45.7 Å². The maximum absolute atomic E-state index is 4.91. The normalized spacial score (nSPS) is 11.5. The second-order valence-corrected chi connectivity index (χ2v) is 11.5. The molecule has 186 valence electrons. The van der Waals surface area contributed by atoms with Crippen LogP contribution in [0.3, 0.4) is 0 Å². The molecule has 0 radical (unpaired) electrons. The summed E-state index contributed by atoms with van der Waals surface area (Å²) in [5.74, 6) is 0. The lowest BCUT2D eigenvalue weighted by Gasteiger charge is -2.09. The maximum Gasteiger partial charge on any atom is 0.104 e. The molecule has 0 saturated heterocycles. The monoisotopic (exact) mass is 580 g/mol. The zero-order chi connectivity index (χ0) is 23.7. The second-order valence-electron chi connectivity index (χ2n) is 9.74. The highest BCUT2D eigenvalue weighted by Crippen LogP contribution is 2.28. The van der Waals surface area contributed by atoms with Crippen molar-refractivity contribution in [3.8, 4) is 0 Å². The minimum absolute atomic E-state index is 0.948. The molecule has 0 atom stereocenters. The smallest absolute Gasteiger partial charge is 0.104 e. The summed E-state index contributed by atoms with van der Waals surface area (Å²) in [5, 5.41) is 0. The fraction of sp³-hybridized carbons (Fsp3) is 0.724. The van der Waals surface area contributed by atoms with Gasteiger partial charge in [0.15, 0.2) is 0 Å². The van der Waals surface area contributed by atoms with Crippen LogP contribution in [0.4, 0.5) is 0 Å². The number of hydrogen-bond acceptors (Lipinski definition) is 2. The van der Waals surface area contributed by atoms with Crippen molar-refractivity contribution in [1.29, 1.82) is 0 Å². The zero-order valence-corrected chi connectivity index (χ0v) is 24.4. The van der Waals surface area contributed by atoms with E-state index in [4.69, 9.17) is 9.97 Å². The van der Waals surface area contributed by atoms with Gasteiger partial charge in [0.25, 0.3) is 0 Å². The van der Waals surface area contributed by atoms with Gasteiger partial charge in [-0.05, 0) is 63.8 Å². The number of fused-ring (bicyclic) bond motifs is 1.